The van der Waals surface area contributed by atoms with Crippen LogP contribution in [0, 0.1) is 46.3 Å². The highest BCUT2D eigenvalue weighted by Crippen LogP contribution is 2.84. The predicted octanol–water partition coefficient (Wildman–Crippen LogP) is 3.35. The van der Waals surface area contributed by atoms with Gasteiger partial charge in [-0.25, -0.2) is 4.79 Å². The second-order valence-electron chi connectivity index (χ2n) is 13.1. The van der Waals surface area contributed by atoms with Gasteiger partial charge in [-0.3, -0.25) is 4.79 Å². The van der Waals surface area contributed by atoms with Crippen LogP contribution in [-0.2, 0) is 19.1 Å². The zero-order chi connectivity index (χ0) is 24.5. The van der Waals surface area contributed by atoms with Crippen molar-refractivity contribution < 1.29 is 29.3 Å². The summed E-state index contributed by atoms with van der Waals surface area (Å²) in [5.41, 5.74) is 0.370. The monoisotopic (exact) mass is 482 g/mol. The number of allylic oxidation sites excluding steroid dienone is 1. The first kappa shape index (κ1) is 22.7. The molecule has 2 spiro atoms. The van der Waals surface area contributed by atoms with Gasteiger partial charge in [-0.2, -0.15) is 0 Å². The Balaban J connectivity index is 1.20. The summed E-state index contributed by atoms with van der Waals surface area (Å²) in [6, 6.07) is 0. The number of carbonyl (C=O) groups is 2. The molecule has 2 N–H and O–H groups in total. The third-order valence-corrected chi connectivity index (χ3v) is 12.2. The minimum atomic E-state index is -0.664. The molecule has 6 nitrogen and oxygen atoms in total. The van der Waals surface area contributed by atoms with E-state index in [1.165, 1.54) is 0 Å². The first-order valence-electron chi connectivity index (χ1n) is 13.8. The Morgan fingerprint density at radius 1 is 1.20 bits per heavy atom. The molecule has 35 heavy (non-hydrogen) atoms. The quantitative estimate of drug-likeness (QED) is 0.473. The van der Waals surface area contributed by atoms with Crippen LogP contribution in [0.3, 0.4) is 0 Å². The maximum Gasteiger partial charge on any atom is 0.336 e. The average molecular weight is 483 g/mol. The lowest BCUT2D eigenvalue weighted by Crippen LogP contribution is -2.52. The molecule has 0 aromatic carbocycles. The average Bonchev–Trinajstić information content (AvgIpc) is 3.67. The number of esters is 1. The molecular formula is C29H38O6. The number of aliphatic hydroxyl groups excluding tert-OH is 2. The van der Waals surface area contributed by atoms with Gasteiger partial charge >= 0.3 is 5.97 Å². The molecule has 6 heteroatoms. The molecule has 0 aromatic rings. The molecule has 2 heterocycles. The van der Waals surface area contributed by atoms with Crippen molar-refractivity contribution >= 4 is 11.8 Å². The van der Waals surface area contributed by atoms with Crippen LogP contribution in [0.2, 0.25) is 0 Å². The van der Waals surface area contributed by atoms with Crippen LogP contribution < -0.4 is 0 Å². The van der Waals surface area contributed by atoms with Gasteiger partial charge in [0.2, 0.25) is 0 Å². The van der Waals surface area contributed by atoms with Gasteiger partial charge in [0.25, 0.3) is 0 Å². The molecule has 4 saturated carbocycles. The normalized spacial score (nSPS) is 54.5. The Labute approximate surface area is 207 Å². The van der Waals surface area contributed by atoms with Crippen molar-refractivity contribution in [2.75, 3.05) is 6.61 Å². The van der Waals surface area contributed by atoms with E-state index in [9.17, 15) is 19.8 Å². The maximum absolute atomic E-state index is 13.5. The number of rotatable bonds is 3. The van der Waals surface area contributed by atoms with Crippen LogP contribution >= 0.6 is 0 Å². The zero-order valence-corrected chi connectivity index (χ0v) is 21.0. The summed E-state index contributed by atoms with van der Waals surface area (Å²) >= 11 is 0. The topological polar surface area (TPSA) is 96.4 Å². The molecule has 1 saturated heterocycles. The summed E-state index contributed by atoms with van der Waals surface area (Å²) in [7, 11) is 0. The van der Waals surface area contributed by atoms with Crippen LogP contribution in [0.4, 0.5) is 0 Å². The highest BCUT2D eigenvalue weighted by Gasteiger charge is 2.91. The van der Waals surface area contributed by atoms with E-state index < -0.39 is 17.1 Å². The third-order valence-electron chi connectivity index (χ3n) is 12.2. The molecule has 5 aliphatic carbocycles. The van der Waals surface area contributed by atoms with Gasteiger partial charge in [0.1, 0.15) is 17.8 Å². The third kappa shape index (κ3) is 2.52. The van der Waals surface area contributed by atoms with E-state index in [1.807, 2.05) is 6.92 Å². The number of hydrogen-bond donors (Lipinski definition) is 2. The fraction of sp³-hybridized carbons (Fsp3) is 0.793. The summed E-state index contributed by atoms with van der Waals surface area (Å²) in [6.07, 6.45) is 9.72. The highest BCUT2D eigenvalue weighted by atomic mass is 16.6. The number of cyclic esters (lactones) is 1. The van der Waals surface area contributed by atoms with E-state index in [2.05, 4.69) is 13.8 Å². The largest absolute Gasteiger partial charge is 0.458 e. The van der Waals surface area contributed by atoms with Crippen LogP contribution in [0.15, 0.2) is 23.3 Å². The van der Waals surface area contributed by atoms with Gasteiger partial charge in [0, 0.05) is 6.42 Å². The summed E-state index contributed by atoms with van der Waals surface area (Å²) in [4.78, 5) is 26.0. The fourth-order valence-electron chi connectivity index (χ4n) is 10.7. The van der Waals surface area contributed by atoms with Crippen molar-refractivity contribution in [3.8, 4) is 0 Å². The molecule has 0 amide bonds. The smallest absolute Gasteiger partial charge is 0.336 e. The Morgan fingerprint density at radius 3 is 2.74 bits per heavy atom. The summed E-state index contributed by atoms with van der Waals surface area (Å²) in [6.45, 7) is 6.42. The first-order chi connectivity index (χ1) is 16.7. The maximum atomic E-state index is 13.5. The van der Waals surface area contributed by atoms with E-state index >= 15 is 0 Å². The van der Waals surface area contributed by atoms with Crippen molar-refractivity contribution in [3.63, 3.8) is 0 Å². The number of hydrogen-bond acceptors (Lipinski definition) is 6. The number of aliphatic hydroxyl groups is 2. The van der Waals surface area contributed by atoms with Gasteiger partial charge in [-0.15, -0.1) is 0 Å². The number of carbonyl (C=O) groups excluding carboxylic acids is 2. The lowest BCUT2D eigenvalue weighted by Gasteiger charge is -2.47. The molecule has 12 atom stereocenters. The Morgan fingerprint density at radius 2 is 2.00 bits per heavy atom. The van der Waals surface area contributed by atoms with Gasteiger partial charge < -0.3 is 19.7 Å². The second kappa shape index (κ2) is 7.08. The molecule has 7 rings (SSSR count). The van der Waals surface area contributed by atoms with Gasteiger partial charge in [-0.05, 0) is 92.1 Å². The molecule has 0 aromatic heterocycles. The van der Waals surface area contributed by atoms with E-state index in [1.54, 1.807) is 12.2 Å². The number of ketones is 1. The molecule has 2 aliphatic heterocycles. The van der Waals surface area contributed by atoms with E-state index in [-0.39, 0.29) is 41.9 Å². The van der Waals surface area contributed by atoms with Gasteiger partial charge in [0.15, 0.2) is 5.78 Å². The van der Waals surface area contributed by atoms with Crippen molar-refractivity contribution in [1.82, 2.24) is 0 Å². The van der Waals surface area contributed by atoms with E-state index in [0.717, 1.165) is 44.1 Å². The van der Waals surface area contributed by atoms with Gasteiger partial charge in [-0.1, -0.05) is 25.8 Å². The molecule has 0 bridgehead atoms. The lowest BCUT2D eigenvalue weighted by atomic mass is 9.57. The standard InChI is InChI=1S/C29H38O6/c1-14-11-21(34-26(33)17(14)13-30)15(2)18-6-7-19-16-12-24-29(35-24)23(32)9-8-22(31)28(29)20(25(16)28)5-4-10-27(18,19)3/h8-9,15-16,18-21,23-25,30,32H,4-7,10-13H2,1-3H3/t15-,16?,18?,19?,20-,21?,23-,24+,25?,27+,28+,29+/m0/s1. The fourth-order valence-corrected chi connectivity index (χ4v) is 10.7. The Kier molecular flexibility index (Phi) is 4.59. The molecule has 0 radical (unpaired) electrons. The van der Waals surface area contributed by atoms with Crippen LogP contribution in [0.25, 0.3) is 0 Å². The van der Waals surface area contributed by atoms with Crippen LogP contribution in [0.5, 0.6) is 0 Å². The summed E-state index contributed by atoms with van der Waals surface area (Å²) in [5, 5.41) is 20.5. The minimum Gasteiger partial charge on any atom is -0.458 e. The van der Waals surface area contributed by atoms with Crippen molar-refractivity contribution in [2.45, 2.75) is 89.6 Å². The van der Waals surface area contributed by atoms with Crippen LogP contribution in [-0.4, -0.2) is 52.5 Å². The summed E-state index contributed by atoms with van der Waals surface area (Å²) < 4.78 is 12.2. The van der Waals surface area contributed by atoms with E-state index in [0.29, 0.717) is 41.6 Å². The second-order valence-corrected chi connectivity index (χ2v) is 13.1. The molecule has 5 fully saturated rings. The van der Waals surface area contributed by atoms with Crippen LogP contribution in [0.1, 0.15) is 65.7 Å². The first-order valence-corrected chi connectivity index (χ1v) is 13.8. The Bertz CT molecular complexity index is 1060. The van der Waals surface area contributed by atoms with Crippen molar-refractivity contribution in [3.05, 3.63) is 23.3 Å². The molecule has 7 aliphatic rings. The van der Waals surface area contributed by atoms with Crippen molar-refractivity contribution in [2.24, 2.45) is 46.3 Å². The van der Waals surface area contributed by atoms with Gasteiger partial charge in [0.05, 0.1) is 23.7 Å². The lowest BCUT2D eigenvalue weighted by molar-refractivity contribution is -0.151. The molecular weight excluding hydrogens is 444 g/mol. The van der Waals surface area contributed by atoms with E-state index in [4.69, 9.17) is 9.47 Å². The number of epoxide rings is 1. The minimum absolute atomic E-state index is 0.000428. The summed E-state index contributed by atoms with van der Waals surface area (Å²) in [5.74, 6) is 2.21. The SMILES string of the molecule is CC1=C(CO)C(=O)OC([C@@H](C)C2CCC3C4C[C@H]5O[C@]56[C@@H](O)C=CC(=O)[C@]65C4[C@@H]5CCC[C@@]32C)C1. The zero-order valence-electron chi connectivity index (χ0n) is 21.0. The predicted molar refractivity (Wildman–Crippen MR) is 127 cm³/mol. The Hall–Kier alpha value is -1.50. The molecule has 190 valence electrons. The van der Waals surface area contributed by atoms with Crippen molar-refractivity contribution in [1.29, 1.82) is 0 Å². The number of ether oxygens (including phenoxy) is 2. The highest BCUT2D eigenvalue weighted by molar-refractivity contribution is 6.01. The number of fused-ring (bicyclic) bond motifs is 2. The molecule has 5 unspecified atom stereocenters.